The number of halogens is 4. The molecule has 2 rings (SSSR count). The average molecular weight is 303 g/mol. The van der Waals surface area contributed by atoms with Gasteiger partial charge < -0.3 is 10.5 Å². The molecular weight excluding hydrogens is 293 g/mol. The van der Waals surface area contributed by atoms with Crippen LogP contribution < -0.4 is 10.5 Å². The Morgan fingerprint density at radius 2 is 1.85 bits per heavy atom. The number of aromatic nitrogens is 1. The zero-order chi connectivity index (χ0) is 14.8. The lowest BCUT2D eigenvalue weighted by Gasteiger charge is -2.09. The zero-order valence-electron chi connectivity index (χ0n) is 10.1. The van der Waals surface area contributed by atoms with Crippen molar-refractivity contribution in [1.29, 1.82) is 0 Å². The van der Waals surface area contributed by atoms with Crippen molar-refractivity contribution in [2.45, 2.75) is 12.7 Å². The highest BCUT2D eigenvalue weighted by Gasteiger charge is 2.30. The van der Waals surface area contributed by atoms with Gasteiger partial charge in [0.05, 0.1) is 10.6 Å². The molecule has 7 heteroatoms. The lowest BCUT2D eigenvalue weighted by atomic mass is 10.2. The summed E-state index contributed by atoms with van der Waals surface area (Å²) in [5.41, 5.74) is 5.39. The van der Waals surface area contributed by atoms with E-state index in [4.69, 9.17) is 22.1 Å². The van der Waals surface area contributed by atoms with Crippen LogP contribution in [0.5, 0.6) is 11.6 Å². The van der Waals surface area contributed by atoms with Gasteiger partial charge in [-0.25, -0.2) is 4.98 Å². The summed E-state index contributed by atoms with van der Waals surface area (Å²) >= 11 is 5.85. The molecule has 0 saturated carbocycles. The highest BCUT2D eigenvalue weighted by Crippen LogP contribution is 2.31. The van der Waals surface area contributed by atoms with E-state index < -0.39 is 11.7 Å². The first-order valence-electron chi connectivity index (χ1n) is 5.60. The highest BCUT2D eigenvalue weighted by atomic mass is 35.5. The fraction of sp³-hybridized carbons (Fsp3) is 0.154. The van der Waals surface area contributed by atoms with E-state index in [1.807, 2.05) is 0 Å². The molecular formula is C13H10ClF3N2O. The molecule has 0 fully saturated rings. The van der Waals surface area contributed by atoms with Crippen LogP contribution in [-0.4, -0.2) is 4.98 Å². The summed E-state index contributed by atoms with van der Waals surface area (Å²) in [5, 5.41) is 0.410. The minimum atomic E-state index is -4.37. The van der Waals surface area contributed by atoms with Gasteiger partial charge in [-0.3, -0.25) is 0 Å². The fourth-order valence-corrected chi connectivity index (χ4v) is 1.68. The molecule has 0 aliphatic carbocycles. The molecule has 0 atom stereocenters. The van der Waals surface area contributed by atoms with Gasteiger partial charge in [0.25, 0.3) is 0 Å². The van der Waals surface area contributed by atoms with Gasteiger partial charge in [-0.15, -0.1) is 0 Å². The predicted molar refractivity (Wildman–Crippen MR) is 68.7 cm³/mol. The molecule has 0 aliphatic heterocycles. The van der Waals surface area contributed by atoms with E-state index in [-0.39, 0.29) is 18.2 Å². The van der Waals surface area contributed by atoms with Gasteiger partial charge in [0.1, 0.15) is 5.75 Å². The predicted octanol–water partition coefficient (Wildman–Crippen LogP) is 4.00. The van der Waals surface area contributed by atoms with Crippen LogP contribution in [0.25, 0.3) is 0 Å². The largest absolute Gasteiger partial charge is 0.439 e. The zero-order valence-corrected chi connectivity index (χ0v) is 10.9. The summed E-state index contributed by atoms with van der Waals surface area (Å²) in [7, 11) is 0. The van der Waals surface area contributed by atoms with E-state index in [2.05, 4.69) is 4.98 Å². The lowest BCUT2D eigenvalue weighted by Crippen LogP contribution is -2.04. The van der Waals surface area contributed by atoms with Crippen LogP contribution in [-0.2, 0) is 12.7 Å². The lowest BCUT2D eigenvalue weighted by molar-refractivity contribution is -0.137. The fourth-order valence-electron chi connectivity index (χ4n) is 1.50. The number of rotatable bonds is 3. The molecule has 0 aliphatic rings. The summed E-state index contributed by atoms with van der Waals surface area (Å²) in [6.07, 6.45) is -2.99. The van der Waals surface area contributed by atoms with E-state index >= 15 is 0 Å². The average Bonchev–Trinajstić information content (AvgIpc) is 2.40. The van der Waals surface area contributed by atoms with E-state index in [9.17, 15) is 13.2 Å². The molecule has 0 saturated heterocycles. The van der Waals surface area contributed by atoms with Crippen molar-refractivity contribution in [2.24, 2.45) is 5.73 Å². The normalized spacial score (nSPS) is 11.4. The maximum atomic E-state index is 12.4. The SMILES string of the molecule is NCc1cc(Oc2ccc(C(F)(F)F)cc2)ncc1Cl. The maximum Gasteiger partial charge on any atom is 0.416 e. The van der Waals surface area contributed by atoms with Crippen LogP contribution in [0.1, 0.15) is 11.1 Å². The molecule has 1 heterocycles. The third-order valence-electron chi connectivity index (χ3n) is 2.53. The van der Waals surface area contributed by atoms with Crippen molar-refractivity contribution in [3.05, 3.63) is 52.7 Å². The Hall–Kier alpha value is -1.79. The van der Waals surface area contributed by atoms with Crippen molar-refractivity contribution in [3.8, 4) is 11.6 Å². The van der Waals surface area contributed by atoms with E-state index in [1.165, 1.54) is 18.3 Å². The topological polar surface area (TPSA) is 48.1 Å². The Morgan fingerprint density at radius 3 is 2.40 bits per heavy atom. The molecule has 1 aromatic carbocycles. The van der Waals surface area contributed by atoms with Gasteiger partial charge in [0.2, 0.25) is 5.88 Å². The molecule has 0 bridgehead atoms. The van der Waals surface area contributed by atoms with E-state index in [0.29, 0.717) is 10.6 Å². The first-order chi connectivity index (χ1) is 9.40. The Bertz CT molecular complexity index is 600. The number of ether oxygens (including phenoxy) is 1. The minimum Gasteiger partial charge on any atom is -0.439 e. The number of benzene rings is 1. The van der Waals surface area contributed by atoms with Crippen molar-refractivity contribution < 1.29 is 17.9 Å². The maximum absolute atomic E-state index is 12.4. The van der Waals surface area contributed by atoms with Crippen molar-refractivity contribution >= 4 is 11.6 Å². The second kappa shape index (κ2) is 5.68. The molecule has 106 valence electrons. The molecule has 20 heavy (non-hydrogen) atoms. The van der Waals surface area contributed by atoms with Crippen LogP contribution in [0.2, 0.25) is 5.02 Å². The number of nitrogens with two attached hydrogens (primary N) is 1. The third kappa shape index (κ3) is 3.40. The van der Waals surface area contributed by atoms with Gasteiger partial charge in [-0.2, -0.15) is 13.2 Å². The summed E-state index contributed by atoms with van der Waals surface area (Å²) in [6, 6.07) is 5.87. The van der Waals surface area contributed by atoms with Crippen molar-refractivity contribution in [1.82, 2.24) is 4.98 Å². The van der Waals surface area contributed by atoms with Crippen LogP contribution in [0.15, 0.2) is 36.5 Å². The van der Waals surface area contributed by atoms with Gasteiger partial charge in [0.15, 0.2) is 0 Å². The molecule has 0 unspecified atom stereocenters. The second-order valence-corrected chi connectivity index (χ2v) is 4.35. The van der Waals surface area contributed by atoms with Gasteiger partial charge >= 0.3 is 6.18 Å². The van der Waals surface area contributed by atoms with Gasteiger partial charge in [-0.05, 0) is 29.8 Å². The summed E-state index contributed by atoms with van der Waals surface area (Å²) in [4.78, 5) is 3.92. The highest BCUT2D eigenvalue weighted by molar-refractivity contribution is 6.31. The first-order valence-corrected chi connectivity index (χ1v) is 5.97. The van der Waals surface area contributed by atoms with Crippen molar-refractivity contribution in [3.63, 3.8) is 0 Å². The second-order valence-electron chi connectivity index (χ2n) is 3.94. The van der Waals surface area contributed by atoms with E-state index in [1.54, 1.807) is 6.07 Å². The van der Waals surface area contributed by atoms with Crippen LogP contribution in [0.3, 0.4) is 0 Å². The molecule has 2 aromatic rings. The van der Waals surface area contributed by atoms with Gasteiger partial charge in [-0.1, -0.05) is 11.6 Å². The van der Waals surface area contributed by atoms with Gasteiger partial charge in [0, 0.05) is 18.8 Å². The smallest absolute Gasteiger partial charge is 0.416 e. The first kappa shape index (κ1) is 14.6. The Balaban J connectivity index is 2.18. The molecule has 0 spiro atoms. The summed E-state index contributed by atoms with van der Waals surface area (Å²) in [5.74, 6) is 0.463. The Morgan fingerprint density at radius 1 is 1.20 bits per heavy atom. The third-order valence-corrected chi connectivity index (χ3v) is 2.87. The quantitative estimate of drug-likeness (QED) is 0.932. The Labute approximate surface area is 118 Å². The van der Waals surface area contributed by atoms with Crippen LogP contribution in [0.4, 0.5) is 13.2 Å². The summed E-state index contributed by atoms with van der Waals surface area (Å²) < 4.78 is 42.6. The van der Waals surface area contributed by atoms with Crippen molar-refractivity contribution in [2.75, 3.05) is 0 Å². The number of pyridine rings is 1. The summed E-state index contributed by atoms with van der Waals surface area (Å²) in [6.45, 7) is 0.213. The van der Waals surface area contributed by atoms with Crippen LogP contribution >= 0.6 is 11.6 Å². The molecule has 2 N–H and O–H groups in total. The molecule has 3 nitrogen and oxygen atoms in total. The standard InChI is InChI=1S/C13H10ClF3N2O/c14-11-7-19-12(5-8(11)6-18)20-10-3-1-9(2-4-10)13(15,16)17/h1-5,7H,6,18H2. The molecule has 1 aromatic heterocycles. The number of hydrogen-bond donors (Lipinski definition) is 1. The molecule has 0 amide bonds. The number of hydrogen-bond acceptors (Lipinski definition) is 3. The van der Waals surface area contributed by atoms with Crippen LogP contribution in [0, 0.1) is 0 Å². The van der Waals surface area contributed by atoms with E-state index in [0.717, 1.165) is 12.1 Å². The minimum absolute atomic E-state index is 0.213. The Kier molecular flexibility index (Phi) is 4.15. The number of alkyl halides is 3. The molecule has 0 radical (unpaired) electrons. The number of nitrogens with zero attached hydrogens (tertiary/aromatic N) is 1. The monoisotopic (exact) mass is 302 g/mol.